The van der Waals surface area contributed by atoms with Crippen LogP contribution in [0.15, 0.2) is 24.3 Å². The van der Waals surface area contributed by atoms with Gasteiger partial charge in [0.2, 0.25) is 0 Å². The van der Waals surface area contributed by atoms with Gasteiger partial charge in [0.15, 0.2) is 6.10 Å². The van der Waals surface area contributed by atoms with Gasteiger partial charge in [-0.2, -0.15) is 0 Å². The van der Waals surface area contributed by atoms with Crippen LogP contribution in [0.25, 0.3) is 0 Å². The molecule has 0 saturated carbocycles. The first-order valence-electron chi connectivity index (χ1n) is 31.1. The number of likely N-dealkylation sites (N-methyl/N-ethyl adjacent to an activating group) is 1. The lowest BCUT2D eigenvalue weighted by atomic mass is 10.0. The second kappa shape index (κ2) is 54.3. The van der Waals surface area contributed by atoms with Gasteiger partial charge in [0, 0.05) is 12.8 Å². The van der Waals surface area contributed by atoms with Crippen molar-refractivity contribution in [2.45, 2.75) is 315 Å². The Morgan fingerprint density at radius 1 is 0.431 bits per heavy atom. The summed E-state index contributed by atoms with van der Waals surface area (Å²) in [5, 5.41) is 0. The highest BCUT2D eigenvalue weighted by Gasteiger charge is 2.27. The molecule has 0 radical (unpaired) electrons. The smallest absolute Gasteiger partial charge is 0.462 e. The van der Waals surface area contributed by atoms with Gasteiger partial charge in [0.25, 0.3) is 0 Å². The fraction of sp³-hybridized carbons (Fsp3) is 0.903. The molecule has 2 atom stereocenters. The van der Waals surface area contributed by atoms with Crippen molar-refractivity contribution in [2.75, 3.05) is 47.5 Å². The molecule has 10 heteroatoms. The minimum Gasteiger partial charge on any atom is -0.462 e. The van der Waals surface area contributed by atoms with Crippen LogP contribution < -0.4 is 0 Å². The molecule has 72 heavy (non-hydrogen) atoms. The Kier molecular flexibility index (Phi) is 53.1. The van der Waals surface area contributed by atoms with Crippen molar-refractivity contribution in [3.05, 3.63) is 24.3 Å². The predicted molar refractivity (Wildman–Crippen MR) is 307 cm³/mol. The number of unbranched alkanes of at least 4 members (excludes halogenated alkanes) is 40. The quantitative estimate of drug-likeness (QED) is 0.0211. The first kappa shape index (κ1) is 70.5. The minimum absolute atomic E-state index is 0.0346. The number of rotatable bonds is 58. The van der Waals surface area contributed by atoms with E-state index in [0.29, 0.717) is 23.9 Å². The summed E-state index contributed by atoms with van der Waals surface area (Å²) in [6.45, 7) is 4.49. The van der Waals surface area contributed by atoms with Gasteiger partial charge in [-0.05, 0) is 44.9 Å². The molecule has 0 heterocycles. The number of phosphoric ester groups is 1. The SMILES string of the molecule is CCCCCCC/C=C\C/C=C\CCCCCCCCCCCCCCCC(=O)OC(COC(=O)CCCCCCCCCCCCCCCCCCCCCCCCC)COP(=O)(O)OCC[N+](C)(C)C. The van der Waals surface area contributed by atoms with Crippen molar-refractivity contribution >= 4 is 19.8 Å². The third kappa shape index (κ3) is 57.8. The van der Waals surface area contributed by atoms with Gasteiger partial charge in [-0.15, -0.1) is 0 Å². The van der Waals surface area contributed by atoms with E-state index in [1.807, 2.05) is 21.1 Å². The molecule has 2 unspecified atom stereocenters. The summed E-state index contributed by atoms with van der Waals surface area (Å²) in [7, 11) is 1.49. The van der Waals surface area contributed by atoms with Gasteiger partial charge in [-0.25, -0.2) is 4.57 Å². The Morgan fingerprint density at radius 3 is 1.10 bits per heavy atom. The summed E-state index contributed by atoms with van der Waals surface area (Å²) in [6, 6.07) is 0. The Morgan fingerprint density at radius 2 is 0.750 bits per heavy atom. The van der Waals surface area contributed by atoms with Crippen LogP contribution in [-0.2, 0) is 32.7 Å². The Balaban J connectivity index is 4.09. The van der Waals surface area contributed by atoms with E-state index < -0.39 is 26.5 Å². The molecule has 0 aliphatic carbocycles. The molecule has 0 aromatic carbocycles. The zero-order valence-electron chi connectivity index (χ0n) is 48.4. The van der Waals surface area contributed by atoms with E-state index in [2.05, 4.69) is 38.2 Å². The fourth-order valence-electron chi connectivity index (χ4n) is 9.17. The number of hydrogen-bond donors (Lipinski definition) is 1. The molecule has 0 amide bonds. The van der Waals surface area contributed by atoms with Crippen LogP contribution in [-0.4, -0.2) is 74.9 Å². The monoisotopic (exact) mass is 1040 g/mol. The molecule has 0 fully saturated rings. The predicted octanol–water partition coefficient (Wildman–Crippen LogP) is 19.4. The second-order valence-electron chi connectivity index (χ2n) is 22.5. The number of nitrogens with zero attached hydrogens (tertiary/aromatic N) is 1. The van der Waals surface area contributed by atoms with Crippen molar-refractivity contribution in [2.24, 2.45) is 0 Å². The van der Waals surface area contributed by atoms with E-state index in [1.165, 1.54) is 238 Å². The molecule has 0 bridgehead atoms. The lowest BCUT2D eigenvalue weighted by Crippen LogP contribution is -2.37. The largest absolute Gasteiger partial charge is 0.472 e. The molecular formula is C62H121NO8P+. The lowest BCUT2D eigenvalue weighted by molar-refractivity contribution is -0.870. The molecule has 1 N–H and O–H groups in total. The second-order valence-corrected chi connectivity index (χ2v) is 23.9. The minimum atomic E-state index is -4.38. The van der Waals surface area contributed by atoms with Gasteiger partial charge in [-0.3, -0.25) is 18.6 Å². The lowest BCUT2D eigenvalue weighted by Gasteiger charge is -2.24. The number of carbonyl (C=O) groups is 2. The molecule has 0 aliphatic rings. The van der Waals surface area contributed by atoms with E-state index in [9.17, 15) is 19.0 Å². The molecular weight excluding hydrogens is 918 g/mol. The summed E-state index contributed by atoms with van der Waals surface area (Å²) < 4.78 is 34.6. The summed E-state index contributed by atoms with van der Waals surface area (Å²) >= 11 is 0. The standard InChI is InChI=1S/C62H120NO8P/c1-6-8-10-12-14-16-18-20-22-24-26-28-30-31-33-35-37-39-41-43-45-47-49-51-53-55-62(65)71-60(59-70-72(66,67)69-57-56-63(3,4)5)58-68-61(64)54-52-50-48-46-44-42-40-38-36-34-32-29-27-25-23-21-19-17-15-13-11-9-7-2/h18,20,24,26,60H,6-17,19,21-23,25,27-59H2,1-5H3/p+1/b20-18-,26-24-. The average molecular weight is 1040 g/mol. The first-order chi connectivity index (χ1) is 35.0. The summed E-state index contributed by atoms with van der Waals surface area (Å²) in [6.07, 6.45) is 65.4. The summed E-state index contributed by atoms with van der Waals surface area (Å²) in [5.41, 5.74) is 0. The average Bonchev–Trinajstić information content (AvgIpc) is 3.34. The van der Waals surface area contributed by atoms with Crippen LogP contribution in [0.5, 0.6) is 0 Å². The van der Waals surface area contributed by atoms with Crippen LogP contribution in [0.1, 0.15) is 309 Å². The molecule has 0 aromatic heterocycles. The van der Waals surface area contributed by atoms with E-state index >= 15 is 0 Å². The summed E-state index contributed by atoms with van der Waals surface area (Å²) in [5.74, 6) is -0.779. The van der Waals surface area contributed by atoms with Crippen LogP contribution >= 0.6 is 7.82 Å². The zero-order valence-corrected chi connectivity index (χ0v) is 49.3. The van der Waals surface area contributed by atoms with Gasteiger partial charge in [0.05, 0.1) is 27.7 Å². The number of esters is 2. The molecule has 9 nitrogen and oxygen atoms in total. The molecule has 0 rings (SSSR count). The molecule has 0 spiro atoms. The maximum absolute atomic E-state index is 12.8. The fourth-order valence-corrected chi connectivity index (χ4v) is 9.91. The van der Waals surface area contributed by atoms with Crippen LogP contribution in [0, 0.1) is 0 Å². The van der Waals surface area contributed by atoms with Gasteiger partial charge in [0.1, 0.15) is 19.8 Å². The van der Waals surface area contributed by atoms with E-state index in [4.69, 9.17) is 18.5 Å². The van der Waals surface area contributed by atoms with E-state index in [0.717, 1.165) is 38.5 Å². The Bertz CT molecular complexity index is 1270. The topological polar surface area (TPSA) is 108 Å². The normalized spacial score (nSPS) is 13.4. The van der Waals surface area contributed by atoms with Crippen molar-refractivity contribution < 1.29 is 42.1 Å². The molecule has 0 aliphatic heterocycles. The van der Waals surface area contributed by atoms with Crippen LogP contribution in [0.4, 0.5) is 0 Å². The van der Waals surface area contributed by atoms with Gasteiger partial charge in [-0.1, -0.05) is 276 Å². The molecule has 426 valence electrons. The van der Waals surface area contributed by atoms with Crippen LogP contribution in [0.3, 0.4) is 0 Å². The van der Waals surface area contributed by atoms with Crippen LogP contribution in [0.2, 0.25) is 0 Å². The highest BCUT2D eigenvalue weighted by Crippen LogP contribution is 2.43. The Labute approximate surface area is 447 Å². The summed E-state index contributed by atoms with van der Waals surface area (Å²) in [4.78, 5) is 35.7. The number of allylic oxidation sites excluding steroid dienone is 4. The zero-order chi connectivity index (χ0) is 52.7. The number of phosphoric acid groups is 1. The highest BCUT2D eigenvalue weighted by atomic mass is 31.2. The van der Waals surface area contributed by atoms with Crippen molar-refractivity contribution in [3.63, 3.8) is 0 Å². The van der Waals surface area contributed by atoms with Crippen molar-refractivity contribution in [1.82, 2.24) is 0 Å². The maximum atomic E-state index is 12.8. The number of hydrogen-bond acceptors (Lipinski definition) is 7. The van der Waals surface area contributed by atoms with Crippen molar-refractivity contribution in [3.8, 4) is 0 Å². The third-order valence-corrected chi connectivity index (χ3v) is 15.0. The van der Waals surface area contributed by atoms with Gasteiger partial charge >= 0.3 is 19.8 Å². The van der Waals surface area contributed by atoms with Crippen molar-refractivity contribution in [1.29, 1.82) is 0 Å². The van der Waals surface area contributed by atoms with E-state index in [1.54, 1.807) is 0 Å². The molecule has 0 aromatic rings. The van der Waals surface area contributed by atoms with Gasteiger partial charge < -0.3 is 18.9 Å². The third-order valence-electron chi connectivity index (χ3n) is 14.0. The Hall–Kier alpha value is -1.51. The molecule has 0 saturated heterocycles. The van der Waals surface area contributed by atoms with E-state index in [-0.39, 0.29) is 25.6 Å². The highest BCUT2D eigenvalue weighted by molar-refractivity contribution is 7.47. The maximum Gasteiger partial charge on any atom is 0.472 e. The number of ether oxygens (including phenoxy) is 2. The first-order valence-corrected chi connectivity index (χ1v) is 32.6. The number of carbonyl (C=O) groups excluding carboxylic acids is 2. The number of quaternary nitrogens is 1.